The third-order valence-electron chi connectivity index (χ3n) is 4.64. The average molecular weight is 418 g/mol. The number of aliphatic hydroxyl groups is 1. The molecule has 1 rings (SSSR count). The first-order chi connectivity index (χ1) is 13.4. The standard InChI is InChI=1S/C19H35N3O7/c1-11(21-18(26)29-19(3,4)5)15(23)20-12(2)16(24)22-9-8-13(10-27-6)14(22)17(25)28-7/h11-14,17,25H,8-10H2,1-7H3,(H,20,23)(H,21,26). The number of carbonyl (C=O) groups excluding carboxylic acids is 3. The molecular weight excluding hydrogens is 382 g/mol. The molecule has 10 heteroatoms. The number of rotatable bonds is 8. The lowest BCUT2D eigenvalue weighted by Crippen LogP contribution is -2.55. The Morgan fingerprint density at radius 1 is 1.14 bits per heavy atom. The predicted octanol–water partition coefficient (Wildman–Crippen LogP) is 0.233. The van der Waals surface area contributed by atoms with Gasteiger partial charge in [-0.15, -0.1) is 0 Å². The van der Waals surface area contributed by atoms with Gasteiger partial charge in [0.15, 0.2) is 6.29 Å². The highest BCUT2D eigenvalue weighted by Gasteiger charge is 2.43. The molecule has 0 spiro atoms. The van der Waals surface area contributed by atoms with Crippen LogP contribution in [0.1, 0.15) is 41.0 Å². The summed E-state index contributed by atoms with van der Waals surface area (Å²) in [5.74, 6) is -0.940. The zero-order valence-electron chi connectivity index (χ0n) is 18.4. The topological polar surface area (TPSA) is 126 Å². The van der Waals surface area contributed by atoms with Crippen molar-refractivity contribution < 1.29 is 33.7 Å². The van der Waals surface area contributed by atoms with E-state index in [0.29, 0.717) is 19.6 Å². The zero-order chi connectivity index (χ0) is 22.4. The summed E-state index contributed by atoms with van der Waals surface area (Å²) >= 11 is 0. The quantitative estimate of drug-likeness (QED) is 0.483. The summed E-state index contributed by atoms with van der Waals surface area (Å²) in [5.41, 5.74) is -0.685. The van der Waals surface area contributed by atoms with E-state index >= 15 is 0 Å². The maximum atomic E-state index is 12.9. The summed E-state index contributed by atoms with van der Waals surface area (Å²) in [6.45, 7) is 9.01. The van der Waals surface area contributed by atoms with Crippen molar-refractivity contribution in [2.24, 2.45) is 5.92 Å². The van der Waals surface area contributed by atoms with E-state index in [2.05, 4.69) is 10.6 Å². The van der Waals surface area contributed by atoms with Crippen LogP contribution in [-0.4, -0.2) is 85.3 Å². The zero-order valence-corrected chi connectivity index (χ0v) is 18.4. The fraction of sp³-hybridized carbons (Fsp3) is 0.842. The molecule has 0 bridgehead atoms. The molecule has 29 heavy (non-hydrogen) atoms. The highest BCUT2D eigenvalue weighted by Crippen LogP contribution is 2.28. The number of nitrogens with zero attached hydrogens (tertiary/aromatic N) is 1. The van der Waals surface area contributed by atoms with E-state index in [-0.39, 0.29) is 11.8 Å². The van der Waals surface area contributed by atoms with Crippen molar-refractivity contribution in [2.75, 3.05) is 27.4 Å². The van der Waals surface area contributed by atoms with Crippen molar-refractivity contribution >= 4 is 17.9 Å². The van der Waals surface area contributed by atoms with Crippen LogP contribution in [0, 0.1) is 5.92 Å². The van der Waals surface area contributed by atoms with Gasteiger partial charge in [0.2, 0.25) is 11.8 Å². The molecule has 0 aromatic rings. The molecule has 1 fully saturated rings. The Morgan fingerprint density at radius 3 is 2.28 bits per heavy atom. The lowest BCUT2D eigenvalue weighted by atomic mass is 10.0. The van der Waals surface area contributed by atoms with Gasteiger partial charge >= 0.3 is 6.09 Å². The van der Waals surface area contributed by atoms with E-state index in [1.807, 2.05) is 0 Å². The molecule has 0 saturated carbocycles. The molecule has 0 aromatic carbocycles. The second kappa shape index (κ2) is 10.7. The van der Waals surface area contributed by atoms with Gasteiger partial charge in [0.1, 0.15) is 17.7 Å². The van der Waals surface area contributed by atoms with Crippen LogP contribution in [0.25, 0.3) is 0 Å². The summed E-state index contributed by atoms with van der Waals surface area (Å²) < 4.78 is 15.3. The molecule has 1 heterocycles. The number of aliphatic hydroxyl groups excluding tert-OH is 1. The molecule has 1 aliphatic rings. The average Bonchev–Trinajstić information content (AvgIpc) is 3.02. The highest BCUT2D eigenvalue weighted by atomic mass is 16.6. The van der Waals surface area contributed by atoms with Crippen LogP contribution in [0.15, 0.2) is 0 Å². The van der Waals surface area contributed by atoms with Gasteiger partial charge in [0.25, 0.3) is 0 Å². The van der Waals surface area contributed by atoms with Crippen molar-refractivity contribution in [1.82, 2.24) is 15.5 Å². The van der Waals surface area contributed by atoms with Crippen molar-refractivity contribution in [3.63, 3.8) is 0 Å². The lowest BCUT2D eigenvalue weighted by molar-refractivity contribution is -0.156. The van der Waals surface area contributed by atoms with Gasteiger partial charge in [-0.3, -0.25) is 9.59 Å². The molecule has 1 saturated heterocycles. The Morgan fingerprint density at radius 2 is 1.76 bits per heavy atom. The molecule has 3 amide bonds. The number of amides is 3. The van der Waals surface area contributed by atoms with Gasteiger partial charge in [-0.25, -0.2) is 4.79 Å². The summed E-state index contributed by atoms with van der Waals surface area (Å²) in [6, 6.07) is -2.30. The number of hydrogen-bond donors (Lipinski definition) is 3. The third kappa shape index (κ3) is 7.45. The second-order valence-electron chi connectivity index (χ2n) is 8.25. The largest absolute Gasteiger partial charge is 0.444 e. The van der Waals surface area contributed by atoms with Crippen LogP contribution in [0.2, 0.25) is 0 Å². The minimum absolute atomic E-state index is 0.0745. The van der Waals surface area contributed by atoms with E-state index in [1.54, 1.807) is 34.8 Å². The predicted molar refractivity (Wildman–Crippen MR) is 105 cm³/mol. The molecule has 0 radical (unpaired) electrons. The highest BCUT2D eigenvalue weighted by molar-refractivity contribution is 5.91. The molecule has 5 atom stereocenters. The van der Waals surface area contributed by atoms with Crippen LogP contribution in [0.4, 0.5) is 4.79 Å². The summed E-state index contributed by atoms with van der Waals surface area (Å²) in [4.78, 5) is 38.6. The molecule has 3 N–H and O–H groups in total. The molecule has 5 unspecified atom stereocenters. The van der Waals surface area contributed by atoms with Crippen LogP contribution in [-0.2, 0) is 23.8 Å². The number of nitrogens with one attached hydrogen (secondary N) is 2. The smallest absolute Gasteiger partial charge is 0.408 e. The first kappa shape index (κ1) is 25.1. The third-order valence-corrected chi connectivity index (χ3v) is 4.64. The Hall–Kier alpha value is -1.91. The Bertz CT molecular complexity index is 579. The molecule has 1 aliphatic heterocycles. The number of methoxy groups -OCH3 is 2. The van der Waals surface area contributed by atoms with Crippen molar-refractivity contribution in [3.05, 3.63) is 0 Å². The van der Waals surface area contributed by atoms with Gasteiger partial charge in [0, 0.05) is 26.7 Å². The Balaban J connectivity index is 2.70. The van der Waals surface area contributed by atoms with E-state index in [4.69, 9.17) is 14.2 Å². The van der Waals surface area contributed by atoms with Crippen LogP contribution < -0.4 is 10.6 Å². The monoisotopic (exact) mass is 417 g/mol. The van der Waals surface area contributed by atoms with Crippen LogP contribution in [0.3, 0.4) is 0 Å². The van der Waals surface area contributed by atoms with Crippen molar-refractivity contribution in [1.29, 1.82) is 0 Å². The van der Waals surface area contributed by atoms with Crippen molar-refractivity contribution in [2.45, 2.75) is 71.1 Å². The molecule has 168 valence electrons. The molecular formula is C19H35N3O7. The van der Waals surface area contributed by atoms with Crippen molar-refractivity contribution in [3.8, 4) is 0 Å². The van der Waals surface area contributed by atoms with E-state index in [0.717, 1.165) is 0 Å². The molecule has 10 nitrogen and oxygen atoms in total. The molecule has 0 aromatic heterocycles. The minimum Gasteiger partial charge on any atom is -0.444 e. The second-order valence-corrected chi connectivity index (χ2v) is 8.25. The van der Waals surface area contributed by atoms with E-state index in [1.165, 1.54) is 18.9 Å². The number of ether oxygens (including phenoxy) is 3. The Kier molecular flexibility index (Phi) is 9.31. The van der Waals surface area contributed by atoms with Gasteiger partial charge in [-0.2, -0.15) is 0 Å². The lowest BCUT2D eigenvalue weighted by Gasteiger charge is -2.33. The van der Waals surface area contributed by atoms with Gasteiger partial charge in [-0.1, -0.05) is 0 Å². The van der Waals surface area contributed by atoms with Crippen LogP contribution >= 0.6 is 0 Å². The van der Waals surface area contributed by atoms with Gasteiger partial charge in [0.05, 0.1) is 12.6 Å². The summed E-state index contributed by atoms with van der Waals surface area (Å²) in [7, 11) is 2.92. The minimum atomic E-state index is -1.16. The van der Waals surface area contributed by atoms with E-state index < -0.39 is 42.0 Å². The maximum Gasteiger partial charge on any atom is 0.408 e. The Labute approximate surface area is 172 Å². The fourth-order valence-corrected chi connectivity index (χ4v) is 3.26. The number of alkyl carbamates (subject to hydrolysis) is 1. The van der Waals surface area contributed by atoms with Gasteiger partial charge < -0.3 is 34.9 Å². The number of hydrogen-bond acceptors (Lipinski definition) is 7. The summed E-state index contributed by atoms with van der Waals surface area (Å²) in [5, 5.41) is 15.2. The first-order valence-electron chi connectivity index (χ1n) is 9.71. The fourth-order valence-electron chi connectivity index (χ4n) is 3.26. The summed E-state index contributed by atoms with van der Waals surface area (Å²) in [6.07, 6.45) is -1.22. The van der Waals surface area contributed by atoms with Crippen LogP contribution in [0.5, 0.6) is 0 Å². The molecule has 0 aliphatic carbocycles. The maximum absolute atomic E-state index is 12.9. The number of likely N-dealkylation sites (tertiary alicyclic amines) is 1. The van der Waals surface area contributed by atoms with E-state index in [9.17, 15) is 19.5 Å². The first-order valence-corrected chi connectivity index (χ1v) is 9.71. The van der Waals surface area contributed by atoms with Gasteiger partial charge in [-0.05, 0) is 41.0 Å². The normalized spacial score (nSPS) is 22.6. The number of carbonyl (C=O) groups is 3. The SMILES string of the molecule is COCC1CCN(C(=O)C(C)NC(=O)C(C)NC(=O)OC(C)(C)C)C1C(O)OC.